The molecule has 2 aromatic carbocycles. The SMILES string of the molecule is CCNC(=O)C1C2c3ccccc3C(OCC(O)CC)(c3ccccc32)C1C(=O)O. The lowest BCUT2D eigenvalue weighted by Crippen LogP contribution is -2.60. The summed E-state index contributed by atoms with van der Waals surface area (Å²) in [6, 6.07) is 15.2. The fourth-order valence-electron chi connectivity index (χ4n) is 5.21. The van der Waals surface area contributed by atoms with E-state index in [1.807, 2.05) is 62.4 Å². The van der Waals surface area contributed by atoms with Gasteiger partial charge in [0, 0.05) is 12.5 Å². The van der Waals surface area contributed by atoms with E-state index < -0.39 is 29.5 Å². The second kappa shape index (κ2) is 7.85. The molecule has 3 atom stereocenters. The number of carbonyl (C=O) groups is 2. The van der Waals surface area contributed by atoms with E-state index in [0.717, 1.165) is 22.3 Å². The molecule has 0 saturated carbocycles. The van der Waals surface area contributed by atoms with Crippen molar-refractivity contribution in [1.29, 1.82) is 0 Å². The van der Waals surface area contributed by atoms with Crippen molar-refractivity contribution < 1.29 is 24.5 Å². The van der Waals surface area contributed by atoms with Gasteiger partial charge in [-0.2, -0.15) is 0 Å². The zero-order chi connectivity index (χ0) is 21.5. The molecule has 3 N–H and O–H groups in total. The van der Waals surface area contributed by atoms with E-state index in [1.54, 1.807) is 0 Å². The smallest absolute Gasteiger partial charge is 0.311 e. The number of carboxylic acid groups (broad SMARTS) is 1. The molecule has 0 aromatic heterocycles. The first kappa shape index (κ1) is 20.6. The number of amides is 1. The first-order valence-corrected chi connectivity index (χ1v) is 10.5. The van der Waals surface area contributed by atoms with Gasteiger partial charge in [0.15, 0.2) is 0 Å². The summed E-state index contributed by atoms with van der Waals surface area (Å²) in [5.41, 5.74) is 2.02. The Labute approximate surface area is 175 Å². The summed E-state index contributed by atoms with van der Waals surface area (Å²) in [7, 11) is 0. The molecule has 6 heteroatoms. The molecule has 0 fully saturated rings. The topological polar surface area (TPSA) is 95.9 Å². The number of carboxylic acids is 1. The van der Waals surface area contributed by atoms with E-state index in [2.05, 4.69) is 5.32 Å². The quantitative estimate of drug-likeness (QED) is 0.653. The number of hydrogen-bond acceptors (Lipinski definition) is 4. The van der Waals surface area contributed by atoms with Crippen molar-refractivity contribution in [3.8, 4) is 0 Å². The van der Waals surface area contributed by atoms with Crippen LogP contribution in [0.15, 0.2) is 48.5 Å². The monoisotopic (exact) mass is 409 g/mol. The molecule has 2 aromatic rings. The predicted octanol–water partition coefficient (Wildman–Crippen LogP) is 2.63. The number of fused-ring (bicyclic) bond motifs is 1. The minimum Gasteiger partial charge on any atom is -0.481 e. The lowest BCUT2D eigenvalue weighted by Gasteiger charge is -2.55. The minimum absolute atomic E-state index is 0.0181. The Balaban J connectivity index is 2.02. The largest absolute Gasteiger partial charge is 0.481 e. The third-order valence-electron chi connectivity index (χ3n) is 6.44. The van der Waals surface area contributed by atoms with E-state index in [-0.39, 0.29) is 18.4 Å². The third kappa shape index (κ3) is 2.86. The van der Waals surface area contributed by atoms with Crippen LogP contribution < -0.4 is 5.32 Å². The normalized spacial score (nSPS) is 27.1. The number of hydrogen-bond donors (Lipinski definition) is 3. The van der Waals surface area contributed by atoms with Crippen molar-refractivity contribution in [1.82, 2.24) is 5.32 Å². The number of nitrogens with one attached hydrogen (secondary N) is 1. The van der Waals surface area contributed by atoms with E-state index >= 15 is 0 Å². The highest BCUT2D eigenvalue weighted by Crippen LogP contribution is 2.62. The summed E-state index contributed by atoms with van der Waals surface area (Å²) < 4.78 is 6.38. The van der Waals surface area contributed by atoms with Gasteiger partial charge in [-0.1, -0.05) is 55.5 Å². The maximum absolute atomic E-state index is 13.2. The molecule has 0 aliphatic heterocycles. The van der Waals surface area contributed by atoms with Crippen LogP contribution >= 0.6 is 0 Å². The summed E-state index contributed by atoms with van der Waals surface area (Å²) in [5, 5.41) is 23.4. The van der Waals surface area contributed by atoms with Crippen LogP contribution in [-0.4, -0.2) is 41.3 Å². The van der Waals surface area contributed by atoms with Crippen LogP contribution in [-0.2, 0) is 19.9 Å². The van der Waals surface area contributed by atoms with Crippen LogP contribution in [0.5, 0.6) is 0 Å². The lowest BCUT2D eigenvalue weighted by atomic mass is 9.51. The van der Waals surface area contributed by atoms with Crippen LogP contribution in [0.3, 0.4) is 0 Å². The number of aliphatic hydroxyl groups excluding tert-OH is 1. The number of aliphatic hydroxyl groups is 1. The molecule has 5 rings (SSSR count). The minimum atomic E-state index is -1.35. The molecule has 6 nitrogen and oxygen atoms in total. The molecule has 3 unspecified atom stereocenters. The number of carbonyl (C=O) groups excluding carboxylic acids is 1. The van der Waals surface area contributed by atoms with Crippen molar-refractivity contribution in [2.45, 2.75) is 37.9 Å². The number of ether oxygens (including phenoxy) is 1. The average Bonchev–Trinajstić information content (AvgIpc) is 2.77. The Morgan fingerprint density at radius 2 is 1.63 bits per heavy atom. The molecule has 1 amide bonds. The van der Waals surface area contributed by atoms with Gasteiger partial charge >= 0.3 is 5.97 Å². The fourth-order valence-corrected chi connectivity index (χ4v) is 5.21. The maximum Gasteiger partial charge on any atom is 0.311 e. The first-order chi connectivity index (χ1) is 14.5. The third-order valence-corrected chi connectivity index (χ3v) is 6.44. The Bertz CT molecular complexity index is 924. The average molecular weight is 409 g/mol. The summed E-state index contributed by atoms with van der Waals surface area (Å²) in [5.74, 6) is -3.66. The fraction of sp³-hybridized carbons (Fsp3) is 0.417. The Hall–Kier alpha value is -2.70. The van der Waals surface area contributed by atoms with Gasteiger partial charge in [0.1, 0.15) is 11.5 Å². The maximum atomic E-state index is 13.2. The number of rotatable bonds is 7. The lowest BCUT2D eigenvalue weighted by molar-refractivity contribution is -0.173. The predicted molar refractivity (Wildman–Crippen MR) is 111 cm³/mol. The summed E-state index contributed by atoms with van der Waals surface area (Å²) in [4.78, 5) is 25.9. The standard InChI is InChI=1S/C24H27NO5/c1-3-14(26)13-30-24-17-11-7-5-9-15(17)19(16-10-6-8-12-18(16)24)20(21(24)23(28)29)22(27)25-4-2/h5-12,14,19-21,26H,3-4,13H2,1-2H3,(H,25,27)(H,28,29). The van der Waals surface area contributed by atoms with Gasteiger partial charge in [0.2, 0.25) is 5.91 Å². The van der Waals surface area contributed by atoms with Gasteiger partial charge in [-0.05, 0) is 35.6 Å². The Morgan fingerprint density at radius 1 is 1.07 bits per heavy atom. The van der Waals surface area contributed by atoms with Crippen LogP contribution in [0.2, 0.25) is 0 Å². The molecule has 3 aliphatic carbocycles. The summed E-state index contributed by atoms with van der Waals surface area (Å²) in [6.45, 7) is 4.06. The molecular weight excluding hydrogens is 382 g/mol. The first-order valence-electron chi connectivity index (χ1n) is 10.5. The van der Waals surface area contributed by atoms with Crippen molar-refractivity contribution in [2.24, 2.45) is 11.8 Å². The molecule has 3 aliphatic rings. The van der Waals surface area contributed by atoms with Crippen LogP contribution in [0.4, 0.5) is 0 Å². The number of benzene rings is 2. The van der Waals surface area contributed by atoms with Gasteiger partial charge < -0.3 is 20.3 Å². The van der Waals surface area contributed by atoms with Gasteiger partial charge in [0.05, 0.1) is 18.6 Å². The van der Waals surface area contributed by atoms with Crippen molar-refractivity contribution in [3.05, 3.63) is 70.8 Å². The molecule has 0 spiro atoms. The Morgan fingerprint density at radius 3 is 2.13 bits per heavy atom. The van der Waals surface area contributed by atoms with Crippen molar-refractivity contribution in [3.63, 3.8) is 0 Å². The van der Waals surface area contributed by atoms with Crippen molar-refractivity contribution in [2.75, 3.05) is 13.2 Å². The van der Waals surface area contributed by atoms with Crippen molar-refractivity contribution >= 4 is 11.9 Å². The van der Waals surface area contributed by atoms with Gasteiger partial charge in [-0.25, -0.2) is 0 Å². The highest BCUT2D eigenvalue weighted by Gasteiger charge is 2.64. The molecule has 0 heterocycles. The van der Waals surface area contributed by atoms with Gasteiger partial charge in [-0.3, -0.25) is 9.59 Å². The molecule has 0 saturated heterocycles. The Kier molecular flexibility index (Phi) is 5.38. The van der Waals surface area contributed by atoms with Crippen LogP contribution in [0.25, 0.3) is 0 Å². The molecule has 158 valence electrons. The van der Waals surface area contributed by atoms with E-state index in [4.69, 9.17) is 4.74 Å². The molecule has 30 heavy (non-hydrogen) atoms. The second-order valence-electron chi connectivity index (χ2n) is 8.00. The van der Waals surface area contributed by atoms with Crippen LogP contribution in [0, 0.1) is 11.8 Å². The van der Waals surface area contributed by atoms with E-state index in [1.165, 1.54) is 0 Å². The zero-order valence-corrected chi connectivity index (χ0v) is 17.2. The van der Waals surface area contributed by atoms with Crippen LogP contribution in [0.1, 0.15) is 48.4 Å². The molecule has 0 radical (unpaired) electrons. The van der Waals surface area contributed by atoms with Gasteiger partial charge in [-0.15, -0.1) is 0 Å². The number of aliphatic carboxylic acids is 1. The summed E-state index contributed by atoms with van der Waals surface area (Å²) >= 11 is 0. The molecular formula is C24H27NO5. The van der Waals surface area contributed by atoms with E-state index in [0.29, 0.717) is 13.0 Å². The van der Waals surface area contributed by atoms with E-state index in [9.17, 15) is 19.8 Å². The highest BCUT2D eigenvalue weighted by atomic mass is 16.5. The highest BCUT2D eigenvalue weighted by molar-refractivity contribution is 5.90. The summed E-state index contributed by atoms with van der Waals surface area (Å²) in [6.07, 6.45) is -0.241. The molecule has 2 bridgehead atoms. The second-order valence-corrected chi connectivity index (χ2v) is 8.00. The van der Waals surface area contributed by atoms with Gasteiger partial charge in [0.25, 0.3) is 0 Å². The zero-order valence-electron chi connectivity index (χ0n) is 17.2.